The van der Waals surface area contributed by atoms with Crippen LogP contribution in [0, 0.1) is 11.6 Å². The Morgan fingerprint density at radius 2 is 1.86 bits per heavy atom. The fraction of sp³-hybridized carbons (Fsp3) is 0.125. The van der Waals surface area contributed by atoms with Gasteiger partial charge in [-0.15, -0.1) is 0 Å². The van der Waals surface area contributed by atoms with Gasteiger partial charge < -0.3 is 5.32 Å². The molecule has 3 rings (SSSR count). The van der Waals surface area contributed by atoms with Gasteiger partial charge in [0, 0.05) is 18.0 Å². The standard InChI is InChI=1S/C16H13F2N3/c1-2-19-15-12-5-3-4-6-14(12)20-16(21-15)11-8-7-10(17)9-13(11)18/h3-9H,2H2,1H3,(H,19,20,21). The molecule has 1 N–H and O–H groups in total. The van der Waals surface area contributed by atoms with Crippen molar-refractivity contribution in [2.24, 2.45) is 0 Å². The number of fused-ring (bicyclic) bond motifs is 1. The first kappa shape index (κ1) is 13.4. The molecule has 1 aromatic heterocycles. The number of benzene rings is 2. The summed E-state index contributed by atoms with van der Waals surface area (Å²) in [7, 11) is 0. The Morgan fingerprint density at radius 1 is 1.05 bits per heavy atom. The highest BCUT2D eigenvalue weighted by molar-refractivity contribution is 5.90. The minimum absolute atomic E-state index is 0.182. The lowest BCUT2D eigenvalue weighted by Gasteiger charge is -2.10. The second kappa shape index (κ2) is 5.44. The first-order chi connectivity index (χ1) is 10.2. The van der Waals surface area contributed by atoms with E-state index in [1.807, 2.05) is 31.2 Å². The third-order valence-corrected chi connectivity index (χ3v) is 3.12. The van der Waals surface area contributed by atoms with Crippen molar-refractivity contribution < 1.29 is 8.78 Å². The average molecular weight is 285 g/mol. The first-order valence-corrected chi connectivity index (χ1v) is 6.65. The molecule has 0 fully saturated rings. The van der Waals surface area contributed by atoms with Crippen molar-refractivity contribution in [3.05, 3.63) is 54.1 Å². The average Bonchev–Trinajstić information content (AvgIpc) is 2.47. The SMILES string of the molecule is CCNc1nc(-c2ccc(F)cc2F)nc2ccccc12. The van der Waals surface area contributed by atoms with Crippen LogP contribution >= 0.6 is 0 Å². The quantitative estimate of drug-likeness (QED) is 0.790. The zero-order chi connectivity index (χ0) is 14.8. The van der Waals surface area contributed by atoms with Gasteiger partial charge in [-0.25, -0.2) is 18.7 Å². The van der Waals surface area contributed by atoms with Crippen LogP contribution in [0.3, 0.4) is 0 Å². The van der Waals surface area contributed by atoms with Crippen LogP contribution in [0.4, 0.5) is 14.6 Å². The number of nitrogens with one attached hydrogen (secondary N) is 1. The molecular formula is C16H13F2N3. The molecule has 106 valence electrons. The van der Waals surface area contributed by atoms with Gasteiger partial charge in [-0.3, -0.25) is 0 Å². The van der Waals surface area contributed by atoms with E-state index in [9.17, 15) is 8.78 Å². The van der Waals surface area contributed by atoms with Gasteiger partial charge in [-0.1, -0.05) is 12.1 Å². The number of aromatic nitrogens is 2. The van der Waals surface area contributed by atoms with E-state index >= 15 is 0 Å². The van der Waals surface area contributed by atoms with Crippen molar-refractivity contribution in [3.63, 3.8) is 0 Å². The van der Waals surface area contributed by atoms with Gasteiger partial charge in [0.1, 0.15) is 17.5 Å². The van der Waals surface area contributed by atoms with Gasteiger partial charge in [-0.05, 0) is 31.2 Å². The molecule has 21 heavy (non-hydrogen) atoms. The molecule has 0 saturated carbocycles. The van der Waals surface area contributed by atoms with Crippen LogP contribution in [0.1, 0.15) is 6.92 Å². The molecule has 0 amide bonds. The van der Waals surface area contributed by atoms with Crippen LogP contribution in [-0.2, 0) is 0 Å². The van der Waals surface area contributed by atoms with Crippen LogP contribution < -0.4 is 5.32 Å². The normalized spacial score (nSPS) is 10.8. The molecule has 0 aliphatic heterocycles. The molecular weight excluding hydrogens is 272 g/mol. The lowest BCUT2D eigenvalue weighted by Crippen LogP contribution is -2.03. The predicted molar refractivity (Wildman–Crippen MR) is 79.1 cm³/mol. The maximum atomic E-state index is 13.9. The van der Waals surface area contributed by atoms with Gasteiger partial charge in [0.15, 0.2) is 5.82 Å². The highest BCUT2D eigenvalue weighted by atomic mass is 19.1. The predicted octanol–water partition coefficient (Wildman–Crippen LogP) is 4.01. The van der Waals surface area contributed by atoms with E-state index in [2.05, 4.69) is 15.3 Å². The van der Waals surface area contributed by atoms with E-state index in [0.717, 1.165) is 11.5 Å². The van der Waals surface area contributed by atoms with Gasteiger partial charge >= 0.3 is 0 Å². The van der Waals surface area contributed by atoms with Crippen LogP contribution in [0.5, 0.6) is 0 Å². The summed E-state index contributed by atoms with van der Waals surface area (Å²) >= 11 is 0. The molecule has 5 heteroatoms. The lowest BCUT2D eigenvalue weighted by molar-refractivity contribution is 0.585. The number of rotatable bonds is 3. The van der Waals surface area contributed by atoms with E-state index in [1.54, 1.807) is 0 Å². The van der Waals surface area contributed by atoms with Crippen molar-refractivity contribution in [1.29, 1.82) is 0 Å². The fourth-order valence-corrected chi connectivity index (χ4v) is 2.17. The summed E-state index contributed by atoms with van der Waals surface area (Å²) in [5.41, 5.74) is 0.892. The minimum Gasteiger partial charge on any atom is -0.370 e. The van der Waals surface area contributed by atoms with Crippen molar-refractivity contribution in [3.8, 4) is 11.4 Å². The topological polar surface area (TPSA) is 37.8 Å². The van der Waals surface area contributed by atoms with E-state index in [0.29, 0.717) is 17.9 Å². The summed E-state index contributed by atoms with van der Waals surface area (Å²) in [4.78, 5) is 8.73. The molecule has 3 aromatic rings. The Hall–Kier alpha value is -2.56. The Labute approximate surface area is 120 Å². The van der Waals surface area contributed by atoms with E-state index in [1.165, 1.54) is 12.1 Å². The largest absolute Gasteiger partial charge is 0.370 e. The van der Waals surface area contributed by atoms with E-state index in [4.69, 9.17) is 0 Å². The number of hydrogen-bond donors (Lipinski definition) is 1. The molecule has 0 atom stereocenters. The summed E-state index contributed by atoms with van der Waals surface area (Å²) in [6.07, 6.45) is 0. The first-order valence-electron chi connectivity index (χ1n) is 6.65. The summed E-state index contributed by atoms with van der Waals surface area (Å²) in [6.45, 7) is 2.64. The molecule has 0 saturated heterocycles. The number of hydrogen-bond acceptors (Lipinski definition) is 3. The number of halogens is 2. The molecule has 0 radical (unpaired) electrons. The van der Waals surface area contributed by atoms with Gasteiger partial charge in [-0.2, -0.15) is 0 Å². The molecule has 3 nitrogen and oxygen atoms in total. The van der Waals surface area contributed by atoms with Crippen LogP contribution in [-0.4, -0.2) is 16.5 Å². The van der Waals surface area contributed by atoms with Crippen molar-refractivity contribution in [1.82, 2.24) is 9.97 Å². The number of nitrogens with zero attached hydrogens (tertiary/aromatic N) is 2. The van der Waals surface area contributed by atoms with Crippen molar-refractivity contribution in [2.45, 2.75) is 6.92 Å². The van der Waals surface area contributed by atoms with Crippen molar-refractivity contribution in [2.75, 3.05) is 11.9 Å². The Kier molecular flexibility index (Phi) is 3.48. The lowest BCUT2D eigenvalue weighted by atomic mass is 10.1. The molecule has 0 aliphatic rings. The smallest absolute Gasteiger partial charge is 0.165 e. The molecule has 0 spiro atoms. The highest BCUT2D eigenvalue weighted by Crippen LogP contribution is 2.26. The fourth-order valence-electron chi connectivity index (χ4n) is 2.17. The molecule has 0 unspecified atom stereocenters. The summed E-state index contributed by atoms with van der Waals surface area (Å²) in [5.74, 6) is -0.416. The highest BCUT2D eigenvalue weighted by Gasteiger charge is 2.12. The Bertz CT molecular complexity index is 803. The number of anilines is 1. The third-order valence-electron chi connectivity index (χ3n) is 3.12. The Morgan fingerprint density at radius 3 is 2.62 bits per heavy atom. The zero-order valence-electron chi connectivity index (χ0n) is 11.4. The monoisotopic (exact) mass is 285 g/mol. The second-order valence-electron chi connectivity index (χ2n) is 4.57. The third kappa shape index (κ3) is 2.54. The van der Waals surface area contributed by atoms with Gasteiger partial charge in [0.25, 0.3) is 0 Å². The van der Waals surface area contributed by atoms with Crippen LogP contribution in [0.15, 0.2) is 42.5 Å². The molecule has 0 aliphatic carbocycles. The summed E-state index contributed by atoms with van der Waals surface area (Å²) in [6, 6.07) is 10.9. The summed E-state index contributed by atoms with van der Waals surface area (Å²) in [5, 5.41) is 4.01. The second-order valence-corrected chi connectivity index (χ2v) is 4.57. The van der Waals surface area contributed by atoms with Crippen molar-refractivity contribution >= 4 is 16.7 Å². The molecule has 2 aromatic carbocycles. The van der Waals surface area contributed by atoms with Crippen LogP contribution in [0.2, 0.25) is 0 Å². The van der Waals surface area contributed by atoms with Gasteiger partial charge in [0.2, 0.25) is 0 Å². The molecule has 1 heterocycles. The van der Waals surface area contributed by atoms with Crippen LogP contribution in [0.25, 0.3) is 22.3 Å². The summed E-state index contributed by atoms with van der Waals surface area (Å²) < 4.78 is 26.9. The number of para-hydroxylation sites is 1. The Balaban J connectivity index is 2.23. The van der Waals surface area contributed by atoms with E-state index in [-0.39, 0.29) is 11.4 Å². The zero-order valence-corrected chi connectivity index (χ0v) is 11.4. The maximum absolute atomic E-state index is 13.9. The minimum atomic E-state index is -0.673. The maximum Gasteiger partial charge on any atom is 0.165 e. The molecule has 0 bridgehead atoms. The van der Waals surface area contributed by atoms with E-state index < -0.39 is 11.6 Å². The van der Waals surface area contributed by atoms with Gasteiger partial charge in [0.05, 0.1) is 11.1 Å².